The molecule has 0 saturated carbocycles. The molecule has 0 spiro atoms. The van der Waals surface area contributed by atoms with Crippen molar-refractivity contribution in [2.45, 2.75) is 0 Å². The van der Waals surface area contributed by atoms with Gasteiger partial charge in [-0.2, -0.15) is 8.78 Å². The van der Waals surface area contributed by atoms with Gasteiger partial charge >= 0.3 is 5.97 Å². The van der Waals surface area contributed by atoms with Crippen LogP contribution in [0.15, 0.2) is 28.7 Å². The van der Waals surface area contributed by atoms with E-state index in [2.05, 4.69) is 20.7 Å². The summed E-state index contributed by atoms with van der Waals surface area (Å²) in [5, 5.41) is 0. The van der Waals surface area contributed by atoms with Gasteiger partial charge in [0.15, 0.2) is 0 Å². The Labute approximate surface area is 123 Å². The Balaban J connectivity index is 2.43. The fraction of sp³-hybridized carbons (Fsp3) is 0. The van der Waals surface area contributed by atoms with Gasteiger partial charge < -0.3 is 4.74 Å². The van der Waals surface area contributed by atoms with Crippen LogP contribution in [0.25, 0.3) is 0 Å². The molecule has 0 heterocycles. The molecule has 110 valence electrons. The average molecular weight is 367 g/mol. The highest BCUT2D eigenvalue weighted by Gasteiger charge is 2.28. The third-order valence-electron chi connectivity index (χ3n) is 2.42. The Kier molecular flexibility index (Phi) is 4.26. The molecule has 0 aliphatic heterocycles. The van der Waals surface area contributed by atoms with E-state index in [1.807, 2.05) is 0 Å². The Hall–Kier alpha value is -1.96. The Morgan fingerprint density at radius 1 is 0.905 bits per heavy atom. The molecule has 0 aliphatic rings. The molecule has 0 radical (unpaired) electrons. The number of rotatable bonds is 2. The Bertz CT molecular complexity index is 704. The quantitative estimate of drug-likeness (QED) is 0.259. The molecular weight excluding hydrogens is 363 g/mol. The van der Waals surface area contributed by atoms with Gasteiger partial charge in [0.1, 0.15) is 0 Å². The van der Waals surface area contributed by atoms with Crippen molar-refractivity contribution in [2.24, 2.45) is 0 Å². The molecule has 0 aromatic heterocycles. The summed E-state index contributed by atoms with van der Waals surface area (Å²) in [7, 11) is 0. The molecule has 2 nitrogen and oxygen atoms in total. The van der Waals surface area contributed by atoms with Gasteiger partial charge in [-0.3, -0.25) is 0 Å². The van der Waals surface area contributed by atoms with E-state index in [9.17, 15) is 26.7 Å². The molecule has 0 saturated heterocycles. The number of carbonyl (C=O) groups is 1. The topological polar surface area (TPSA) is 26.3 Å². The molecule has 2 aromatic rings. The number of hydrogen-bond donors (Lipinski definition) is 0. The normalized spacial score (nSPS) is 10.6. The van der Waals surface area contributed by atoms with Gasteiger partial charge in [0.2, 0.25) is 34.8 Å². The van der Waals surface area contributed by atoms with Gasteiger partial charge in [0.05, 0.1) is 5.56 Å². The minimum absolute atomic E-state index is 0.131. The Morgan fingerprint density at radius 2 is 1.43 bits per heavy atom. The van der Waals surface area contributed by atoms with E-state index in [0.717, 1.165) is 0 Å². The average Bonchev–Trinajstić information content (AvgIpc) is 2.47. The summed E-state index contributed by atoms with van der Waals surface area (Å²) in [6, 6.07) is 5.50. The number of halogens is 6. The second-order valence-electron chi connectivity index (χ2n) is 3.80. The van der Waals surface area contributed by atoms with Crippen LogP contribution in [-0.2, 0) is 0 Å². The molecule has 0 aliphatic carbocycles. The molecule has 0 unspecified atom stereocenters. The highest BCUT2D eigenvalue weighted by atomic mass is 79.9. The maximum atomic E-state index is 13.4. The molecule has 0 bridgehead atoms. The SMILES string of the molecule is O=C(Oc1c(F)c(F)c(F)c(F)c1F)c1cccc(Br)c1. The van der Waals surface area contributed by atoms with Crippen molar-refractivity contribution in [3.05, 3.63) is 63.4 Å². The third-order valence-corrected chi connectivity index (χ3v) is 2.92. The first-order valence-electron chi connectivity index (χ1n) is 5.32. The van der Waals surface area contributed by atoms with Crippen LogP contribution in [0.5, 0.6) is 5.75 Å². The summed E-state index contributed by atoms with van der Waals surface area (Å²) >= 11 is 3.05. The molecule has 21 heavy (non-hydrogen) atoms. The number of carbonyl (C=O) groups excluding carboxylic acids is 1. The minimum atomic E-state index is -2.33. The van der Waals surface area contributed by atoms with Crippen LogP contribution < -0.4 is 4.74 Å². The molecule has 2 aromatic carbocycles. The standard InChI is InChI=1S/C13H4BrF5O2/c14-6-3-1-2-5(4-6)13(20)21-12-10(18)8(16)7(15)9(17)11(12)19/h1-4H. The molecule has 0 fully saturated rings. The van der Waals surface area contributed by atoms with E-state index < -0.39 is 40.8 Å². The van der Waals surface area contributed by atoms with Crippen LogP contribution >= 0.6 is 15.9 Å². The predicted octanol–water partition coefficient (Wildman–Crippen LogP) is 4.36. The molecule has 0 N–H and O–H groups in total. The van der Waals surface area contributed by atoms with Crippen molar-refractivity contribution in [2.75, 3.05) is 0 Å². The first-order chi connectivity index (χ1) is 9.82. The van der Waals surface area contributed by atoms with Crippen molar-refractivity contribution < 1.29 is 31.5 Å². The van der Waals surface area contributed by atoms with Gasteiger partial charge in [-0.25, -0.2) is 18.0 Å². The largest absolute Gasteiger partial charge is 0.416 e. The first kappa shape index (κ1) is 15.4. The van der Waals surface area contributed by atoms with Gasteiger partial charge in [-0.05, 0) is 18.2 Å². The van der Waals surface area contributed by atoms with Crippen LogP contribution in [-0.4, -0.2) is 5.97 Å². The molecule has 2 rings (SSSR count). The summed E-state index contributed by atoms with van der Waals surface area (Å²) in [5.41, 5.74) is -0.131. The molecular formula is C13H4BrF5O2. The molecule has 0 amide bonds. The van der Waals surface area contributed by atoms with Crippen molar-refractivity contribution in [3.63, 3.8) is 0 Å². The van der Waals surface area contributed by atoms with E-state index in [0.29, 0.717) is 4.47 Å². The van der Waals surface area contributed by atoms with E-state index in [4.69, 9.17) is 0 Å². The number of esters is 1. The highest BCUT2D eigenvalue weighted by Crippen LogP contribution is 2.29. The van der Waals surface area contributed by atoms with E-state index >= 15 is 0 Å². The Morgan fingerprint density at radius 3 is 1.95 bits per heavy atom. The molecule has 8 heteroatoms. The monoisotopic (exact) mass is 366 g/mol. The van der Waals surface area contributed by atoms with Gasteiger partial charge in [-0.1, -0.05) is 22.0 Å². The summed E-state index contributed by atoms with van der Waals surface area (Å²) in [5.74, 6) is -14.0. The third kappa shape index (κ3) is 2.90. The second-order valence-corrected chi connectivity index (χ2v) is 4.71. The number of ether oxygens (including phenoxy) is 1. The van der Waals surface area contributed by atoms with E-state index in [-0.39, 0.29) is 5.56 Å². The van der Waals surface area contributed by atoms with Crippen molar-refractivity contribution >= 4 is 21.9 Å². The first-order valence-corrected chi connectivity index (χ1v) is 6.11. The van der Waals surface area contributed by atoms with Gasteiger partial charge in [0.25, 0.3) is 0 Å². The maximum Gasteiger partial charge on any atom is 0.343 e. The minimum Gasteiger partial charge on any atom is -0.416 e. The molecule has 0 atom stereocenters. The van der Waals surface area contributed by atoms with Gasteiger partial charge in [0, 0.05) is 4.47 Å². The number of hydrogen-bond acceptors (Lipinski definition) is 2. The maximum absolute atomic E-state index is 13.4. The fourth-order valence-electron chi connectivity index (χ4n) is 1.44. The second kappa shape index (κ2) is 5.80. The van der Waals surface area contributed by atoms with Gasteiger partial charge in [-0.15, -0.1) is 0 Å². The van der Waals surface area contributed by atoms with Crippen molar-refractivity contribution in [1.29, 1.82) is 0 Å². The summed E-state index contributed by atoms with van der Waals surface area (Å²) in [6.07, 6.45) is 0. The van der Waals surface area contributed by atoms with Crippen molar-refractivity contribution in [3.8, 4) is 5.75 Å². The van der Waals surface area contributed by atoms with Crippen molar-refractivity contribution in [1.82, 2.24) is 0 Å². The van der Waals surface area contributed by atoms with Crippen LogP contribution in [0.1, 0.15) is 10.4 Å². The lowest BCUT2D eigenvalue weighted by Crippen LogP contribution is -2.13. The lowest BCUT2D eigenvalue weighted by atomic mass is 10.2. The van der Waals surface area contributed by atoms with E-state index in [1.165, 1.54) is 18.2 Å². The van der Waals surface area contributed by atoms with Crippen LogP contribution in [0.4, 0.5) is 22.0 Å². The summed E-state index contributed by atoms with van der Waals surface area (Å²) in [6.45, 7) is 0. The van der Waals surface area contributed by atoms with E-state index in [1.54, 1.807) is 6.07 Å². The van der Waals surface area contributed by atoms with Crippen LogP contribution in [0.2, 0.25) is 0 Å². The fourth-order valence-corrected chi connectivity index (χ4v) is 1.84. The zero-order valence-corrected chi connectivity index (χ0v) is 11.5. The zero-order valence-electron chi connectivity index (χ0n) is 9.89. The summed E-state index contributed by atoms with van der Waals surface area (Å²) in [4.78, 5) is 11.7. The van der Waals surface area contributed by atoms with Crippen LogP contribution in [0.3, 0.4) is 0 Å². The number of benzene rings is 2. The predicted molar refractivity (Wildman–Crippen MR) is 65.3 cm³/mol. The highest BCUT2D eigenvalue weighted by molar-refractivity contribution is 9.10. The van der Waals surface area contributed by atoms with Crippen LogP contribution in [0, 0.1) is 29.1 Å². The lowest BCUT2D eigenvalue weighted by molar-refractivity contribution is 0.0716. The zero-order chi connectivity index (χ0) is 15.7. The smallest absolute Gasteiger partial charge is 0.343 e. The lowest BCUT2D eigenvalue weighted by Gasteiger charge is -2.08. The summed E-state index contributed by atoms with van der Waals surface area (Å²) < 4.78 is 70.2.